The van der Waals surface area contributed by atoms with Gasteiger partial charge in [0.05, 0.1) is 0 Å². The summed E-state index contributed by atoms with van der Waals surface area (Å²) in [6.07, 6.45) is 1.85. The van der Waals surface area contributed by atoms with Crippen LogP contribution in [0.3, 0.4) is 0 Å². The summed E-state index contributed by atoms with van der Waals surface area (Å²) in [5.41, 5.74) is 1.63. The molecule has 27 heavy (non-hydrogen) atoms. The third-order valence-corrected chi connectivity index (χ3v) is 5.28. The third kappa shape index (κ3) is 3.18. The van der Waals surface area contributed by atoms with Crippen molar-refractivity contribution in [1.82, 2.24) is 10.2 Å². The van der Waals surface area contributed by atoms with Crippen molar-refractivity contribution < 1.29 is 14.4 Å². The van der Waals surface area contributed by atoms with Crippen molar-refractivity contribution in [2.24, 2.45) is 5.92 Å². The van der Waals surface area contributed by atoms with Crippen LogP contribution in [0.2, 0.25) is 0 Å². The lowest BCUT2D eigenvalue weighted by Gasteiger charge is -2.21. The van der Waals surface area contributed by atoms with Gasteiger partial charge in [0.15, 0.2) is 0 Å². The molecule has 1 saturated carbocycles. The number of anilines is 1. The molecule has 4 rings (SSSR count). The summed E-state index contributed by atoms with van der Waals surface area (Å²) in [4.78, 5) is 38.4. The van der Waals surface area contributed by atoms with Crippen LogP contribution < -0.4 is 10.6 Å². The van der Waals surface area contributed by atoms with Crippen LogP contribution in [-0.2, 0) is 9.59 Å². The number of para-hydroxylation sites is 1. The van der Waals surface area contributed by atoms with E-state index in [1.807, 2.05) is 48.5 Å². The molecule has 1 saturated heterocycles. The quantitative estimate of drug-likeness (QED) is 0.802. The van der Waals surface area contributed by atoms with E-state index in [0.717, 1.165) is 28.9 Å². The van der Waals surface area contributed by atoms with Crippen LogP contribution in [0.15, 0.2) is 54.6 Å². The highest BCUT2D eigenvalue weighted by molar-refractivity contribution is 6.10. The SMILES string of the molecule is C[C@]1(C2CC2)NC(=O)N(CC(=O)Nc2ccccc2-c2ccccc2)C1=O. The lowest BCUT2D eigenvalue weighted by atomic mass is 9.96. The zero-order valence-corrected chi connectivity index (χ0v) is 15.1. The Balaban J connectivity index is 1.49. The Morgan fingerprint density at radius 2 is 1.78 bits per heavy atom. The van der Waals surface area contributed by atoms with Crippen LogP contribution in [0.25, 0.3) is 11.1 Å². The molecule has 1 aliphatic heterocycles. The van der Waals surface area contributed by atoms with Gasteiger partial charge in [-0.3, -0.25) is 14.5 Å². The minimum Gasteiger partial charge on any atom is -0.324 e. The van der Waals surface area contributed by atoms with Crippen molar-refractivity contribution in [3.05, 3.63) is 54.6 Å². The molecule has 1 heterocycles. The molecule has 2 fully saturated rings. The fraction of sp³-hybridized carbons (Fsp3) is 0.286. The number of carbonyl (C=O) groups excluding carboxylic acids is 3. The largest absolute Gasteiger partial charge is 0.325 e. The molecule has 2 N–H and O–H groups in total. The summed E-state index contributed by atoms with van der Waals surface area (Å²) in [5.74, 6) is -0.552. The number of hydrogen-bond acceptors (Lipinski definition) is 3. The van der Waals surface area contributed by atoms with Gasteiger partial charge in [-0.15, -0.1) is 0 Å². The second-order valence-electron chi connectivity index (χ2n) is 7.26. The minimum atomic E-state index is -0.876. The van der Waals surface area contributed by atoms with Gasteiger partial charge in [-0.2, -0.15) is 0 Å². The topological polar surface area (TPSA) is 78.5 Å². The zero-order chi connectivity index (χ0) is 19.0. The Morgan fingerprint density at radius 1 is 1.11 bits per heavy atom. The van der Waals surface area contributed by atoms with E-state index in [1.165, 1.54) is 0 Å². The van der Waals surface area contributed by atoms with Crippen molar-refractivity contribution in [2.45, 2.75) is 25.3 Å². The third-order valence-electron chi connectivity index (χ3n) is 5.28. The Bertz CT molecular complexity index is 908. The van der Waals surface area contributed by atoms with Crippen LogP contribution in [0.4, 0.5) is 10.5 Å². The fourth-order valence-corrected chi connectivity index (χ4v) is 3.59. The average Bonchev–Trinajstić information content (AvgIpc) is 3.49. The van der Waals surface area contributed by atoms with Crippen LogP contribution in [0, 0.1) is 5.92 Å². The molecule has 4 amide bonds. The van der Waals surface area contributed by atoms with Gasteiger partial charge < -0.3 is 10.6 Å². The standard InChI is InChI=1S/C21H21N3O3/c1-21(15-11-12-15)19(26)24(20(27)23-21)13-18(25)22-17-10-6-5-9-16(17)14-7-3-2-4-8-14/h2-10,15H,11-13H2,1H3,(H,22,25)(H,23,27)/t21-/m1/s1. The molecule has 138 valence electrons. The number of benzene rings is 2. The van der Waals surface area contributed by atoms with Gasteiger partial charge in [-0.05, 0) is 37.3 Å². The molecule has 2 aromatic carbocycles. The van der Waals surface area contributed by atoms with E-state index < -0.39 is 17.5 Å². The molecular weight excluding hydrogens is 342 g/mol. The smallest absolute Gasteiger partial charge is 0.324 e. The normalized spacial score (nSPS) is 21.9. The predicted molar refractivity (Wildman–Crippen MR) is 102 cm³/mol. The molecule has 0 radical (unpaired) electrons. The Kier molecular flexibility index (Phi) is 4.18. The monoisotopic (exact) mass is 363 g/mol. The molecule has 6 nitrogen and oxygen atoms in total. The number of imide groups is 1. The number of hydrogen-bond donors (Lipinski definition) is 2. The van der Waals surface area contributed by atoms with Crippen molar-refractivity contribution in [1.29, 1.82) is 0 Å². The van der Waals surface area contributed by atoms with Gasteiger partial charge in [0.2, 0.25) is 5.91 Å². The molecular formula is C21H21N3O3. The van der Waals surface area contributed by atoms with Gasteiger partial charge in [0, 0.05) is 11.3 Å². The molecule has 6 heteroatoms. The van der Waals surface area contributed by atoms with Crippen molar-refractivity contribution >= 4 is 23.5 Å². The van der Waals surface area contributed by atoms with Gasteiger partial charge >= 0.3 is 6.03 Å². The van der Waals surface area contributed by atoms with E-state index in [9.17, 15) is 14.4 Å². The molecule has 0 unspecified atom stereocenters. The van der Waals surface area contributed by atoms with Gasteiger partial charge in [0.25, 0.3) is 5.91 Å². The lowest BCUT2D eigenvalue weighted by molar-refractivity contribution is -0.134. The van der Waals surface area contributed by atoms with Crippen LogP contribution in [0.5, 0.6) is 0 Å². The number of nitrogens with zero attached hydrogens (tertiary/aromatic N) is 1. The summed E-state index contributed by atoms with van der Waals surface area (Å²) in [5, 5.41) is 5.59. The van der Waals surface area contributed by atoms with Gasteiger partial charge in [-0.1, -0.05) is 48.5 Å². The van der Waals surface area contributed by atoms with Crippen LogP contribution >= 0.6 is 0 Å². The molecule has 1 aliphatic carbocycles. The molecule has 0 aromatic heterocycles. The van der Waals surface area contributed by atoms with Crippen molar-refractivity contribution in [2.75, 3.05) is 11.9 Å². The average molecular weight is 363 g/mol. The second-order valence-corrected chi connectivity index (χ2v) is 7.26. The van der Waals surface area contributed by atoms with Gasteiger partial charge in [0.1, 0.15) is 12.1 Å². The molecule has 0 spiro atoms. The Labute approximate surface area is 157 Å². The highest BCUT2D eigenvalue weighted by atomic mass is 16.2. The highest BCUT2D eigenvalue weighted by Crippen LogP contribution is 2.42. The number of rotatable bonds is 5. The first-order chi connectivity index (χ1) is 13.0. The van der Waals surface area contributed by atoms with E-state index in [0.29, 0.717) is 5.69 Å². The first-order valence-corrected chi connectivity index (χ1v) is 9.07. The summed E-state index contributed by atoms with van der Waals surface area (Å²) >= 11 is 0. The molecule has 2 aliphatic rings. The number of urea groups is 1. The van der Waals surface area contributed by atoms with Crippen molar-refractivity contribution in [3.8, 4) is 11.1 Å². The van der Waals surface area contributed by atoms with E-state index >= 15 is 0 Å². The van der Waals surface area contributed by atoms with E-state index in [2.05, 4.69) is 10.6 Å². The predicted octanol–water partition coefficient (Wildman–Crippen LogP) is 3.01. The Morgan fingerprint density at radius 3 is 2.48 bits per heavy atom. The molecule has 2 aromatic rings. The summed E-state index contributed by atoms with van der Waals surface area (Å²) in [7, 11) is 0. The maximum Gasteiger partial charge on any atom is 0.325 e. The maximum atomic E-state index is 12.7. The Hall–Kier alpha value is -3.15. The van der Waals surface area contributed by atoms with E-state index in [-0.39, 0.29) is 18.4 Å². The number of amides is 4. The second kappa shape index (κ2) is 6.54. The van der Waals surface area contributed by atoms with Crippen LogP contribution in [-0.4, -0.2) is 34.8 Å². The molecule has 1 atom stereocenters. The van der Waals surface area contributed by atoms with E-state index in [1.54, 1.807) is 13.0 Å². The number of nitrogens with one attached hydrogen (secondary N) is 2. The van der Waals surface area contributed by atoms with E-state index in [4.69, 9.17) is 0 Å². The number of carbonyl (C=O) groups is 3. The lowest BCUT2D eigenvalue weighted by Crippen LogP contribution is -2.46. The zero-order valence-electron chi connectivity index (χ0n) is 15.1. The summed E-state index contributed by atoms with van der Waals surface area (Å²) < 4.78 is 0. The fourth-order valence-electron chi connectivity index (χ4n) is 3.59. The highest BCUT2D eigenvalue weighted by Gasteiger charge is 2.56. The first kappa shape index (κ1) is 17.3. The summed E-state index contributed by atoms with van der Waals surface area (Å²) in [6, 6.07) is 16.7. The first-order valence-electron chi connectivity index (χ1n) is 9.07. The van der Waals surface area contributed by atoms with Crippen LogP contribution in [0.1, 0.15) is 19.8 Å². The maximum absolute atomic E-state index is 12.7. The van der Waals surface area contributed by atoms with Crippen molar-refractivity contribution in [3.63, 3.8) is 0 Å². The molecule has 0 bridgehead atoms. The van der Waals surface area contributed by atoms with Gasteiger partial charge in [-0.25, -0.2) is 4.79 Å². The minimum absolute atomic E-state index is 0.167. The summed E-state index contributed by atoms with van der Waals surface area (Å²) in [6.45, 7) is 1.45.